The van der Waals surface area contributed by atoms with Gasteiger partial charge in [0.25, 0.3) is 10.0 Å². The van der Waals surface area contributed by atoms with Gasteiger partial charge in [0.1, 0.15) is 21.3 Å². The molecule has 1 aliphatic heterocycles. The second-order valence-electron chi connectivity index (χ2n) is 5.89. The average Bonchev–Trinajstić information content (AvgIpc) is 3.21. The Morgan fingerprint density at radius 2 is 1.82 bits per heavy atom. The van der Waals surface area contributed by atoms with Crippen molar-refractivity contribution in [3.8, 4) is 11.1 Å². The third-order valence-electron chi connectivity index (χ3n) is 4.20. The number of esters is 1. The molecule has 0 saturated carbocycles. The number of amidine groups is 1. The van der Waals surface area contributed by atoms with E-state index < -0.39 is 16.0 Å². The molecule has 1 aromatic heterocycles. The summed E-state index contributed by atoms with van der Waals surface area (Å²) in [6.07, 6.45) is 0. The van der Waals surface area contributed by atoms with E-state index in [1.165, 1.54) is 36.6 Å². The number of carbonyl (C=O) groups is 1. The van der Waals surface area contributed by atoms with Gasteiger partial charge in [-0.2, -0.15) is 8.42 Å². The lowest BCUT2D eigenvalue weighted by atomic mass is 10.0. The number of hydrogen-bond donors (Lipinski definition) is 1. The molecule has 0 amide bonds. The Hall–Kier alpha value is -3.04. The van der Waals surface area contributed by atoms with Crippen LogP contribution in [0.1, 0.15) is 15.9 Å². The molecule has 0 bridgehead atoms. The van der Waals surface area contributed by atoms with Crippen molar-refractivity contribution in [2.45, 2.75) is 4.90 Å². The van der Waals surface area contributed by atoms with Gasteiger partial charge in [0, 0.05) is 16.5 Å². The van der Waals surface area contributed by atoms with Crippen molar-refractivity contribution in [2.24, 2.45) is 4.40 Å². The lowest BCUT2D eigenvalue weighted by molar-refractivity contribution is 0.0603. The number of carbonyl (C=O) groups excluding carboxylic acids is 1. The minimum absolute atomic E-state index is 0.104. The van der Waals surface area contributed by atoms with Crippen molar-refractivity contribution in [1.82, 2.24) is 0 Å². The van der Waals surface area contributed by atoms with Gasteiger partial charge in [0.05, 0.1) is 7.11 Å². The molecule has 28 heavy (non-hydrogen) atoms. The lowest BCUT2D eigenvalue weighted by Gasteiger charge is -2.08. The topological polar surface area (TPSA) is 84.8 Å². The number of anilines is 1. The maximum Gasteiger partial charge on any atom is 0.341 e. The first-order chi connectivity index (χ1) is 13.4. The fourth-order valence-corrected chi connectivity index (χ4v) is 5.03. The van der Waals surface area contributed by atoms with Gasteiger partial charge in [0.2, 0.25) is 0 Å². The normalized spacial score (nSPS) is 14.3. The summed E-state index contributed by atoms with van der Waals surface area (Å²) < 4.78 is 46.4. The van der Waals surface area contributed by atoms with E-state index in [0.29, 0.717) is 21.7 Å². The molecule has 142 valence electrons. The third kappa shape index (κ3) is 3.08. The Kier molecular flexibility index (Phi) is 4.48. The molecule has 9 heteroatoms. The van der Waals surface area contributed by atoms with Crippen molar-refractivity contribution in [3.05, 3.63) is 70.9 Å². The highest BCUT2D eigenvalue weighted by Crippen LogP contribution is 2.37. The van der Waals surface area contributed by atoms with Crippen LogP contribution in [-0.2, 0) is 14.8 Å². The Balaban J connectivity index is 1.79. The van der Waals surface area contributed by atoms with Crippen LogP contribution >= 0.6 is 11.3 Å². The number of benzene rings is 2. The van der Waals surface area contributed by atoms with Gasteiger partial charge >= 0.3 is 5.97 Å². The average molecular weight is 416 g/mol. The van der Waals surface area contributed by atoms with Crippen LogP contribution in [-0.4, -0.2) is 27.3 Å². The van der Waals surface area contributed by atoms with E-state index in [2.05, 4.69) is 9.71 Å². The van der Waals surface area contributed by atoms with Crippen molar-refractivity contribution in [3.63, 3.8) is 0 Å². The number of rotatable bonds is 3. The Labute approximate surface area is 164 Å². The Morgan fingerprint density at radius 1 is 1.11 bits per heavy atom. The quantitative estimate of drug-likeness (QED) is 0.655. The molecule has 0 unspecified atom stereocenters. The van der Waals surface area contributed by atoms with E-state index in [-0.39, 0.29) is 22.1 Å². The smallest absolute Gasteiger partial charge is 0.341 e. The summed E-state index contributed by atoms with van der Waals surface area (Å²) >= 11 is 1.20. The molecule has 3 aromatic rings. The minimum Gasteiger partial charge on any atom is -0.465 e. The first-order valence-corrected chi connectivity index (χ1v) is 10.4. The SMILES string of the molecule is COC(=O)c1c(-c2ccc(F)cc2)csc1NC1=NS(=O)(=O)c2ccccc21. The summed E-state index contributed by atoms with van der Waals surface area (Å²) in [4.78, 5) is 12.5. The highest BCUT2D eigenvalue weighted by molar-refractivity contribution is 7.90. The number of halogens is 1. The number of thiophene rings is 1. The summed E-state index contributed by atoms with van der Waals surface area (Å²) in [6.45, 7) is 0. The minimum atomic E-state index is -3.79. The molecule has 0 saturated heterocycles. The molecule has 4 rings (SSSR count). The molecule has 1 N–H and O–H groups in total. The highest BCUT2D eigenvalue weighted by atomic mass is 32.2. The summed E-state index contributed by atoms with van der Waals surface area (Å²) in [5.41, 5.74) is 1.83. The van der Waals surface area contributed by atoms with Crippen LogP contribution in [0.3, 0.4) is 0 Å². The summed E-state index contributed by atoms with van der Waals surface area (Å²) in [7, 11) is -2.54. The van der Waals surface area contributed by atoms with Crippen LogP contribution in [0.25, 0.3) is 11.1 Å². The predicted molar refractivity (Wildman–Crippen MR) is 105 cm³/mol. The van der Waals surface area contributed by atoms with Crippen LogP contribution < -0.4 is 5.32 Å². The molecule has 1 aliphatic rings. The second-order valence-corrected chi connectivity index (χ2v) is 8.34. The maximum atomic E-state index is 13.2. The molecular formula is C19H13FN2O4S2. The molecule has 2 heterocycles. The first-order valence-electron chi connectivity index (χ1n) is 8.08. The Bertz CT molecular complexity index is 1210. The van der Waals surface area contributed by atoms with Gasteiger partial charge in [0.15, 0.2) is 5.84 Å². The Morgan fingerprint density at radius 3 is 2.54 bits per heavy atom. The zero-order valence-corrected chi connectivity index (χ0v) is 16.1. The zero-order chi connectivity index (χ0) is 19.9. The summed E-state index contributed by atoms with van der Waals surface area (Å²) in [5, 5.41) is 5.06. The van der Waals surface area contributed by atoms with Gasteiger partial charge in [-0.1, -0.05) is 24.3 Å². The van der Waals surface area contributed by atoms with Crippen molar-refractivity contribution in [2.75, 3.05) is 12.4 Å². The van der Waals surface area contributed by atoms with Crippen LogP contribution in [0, 0.1) is 5.82 Å². The number of fused-ring (bicyclic) bond motifs is 1. The number of hydrogen-bond acceptors (Lipinski definition) is 6. The highest BCUT2D eigenvalue weighted by Gasteiger charge is 2.30. The molecule has 0 atom stereocenters. The van der Waals surface area contributed by atoms with Crippen molar-refractivity contribution >= 4 is 38.2 Å². The fraction of sp³-hybridized carbons (Fsp3) is 0.0526. The largest absolute Gasteiger partial charge is 0.465 e. The third-order valence-corrected chi connectivity index (χ3v) is 6.43. The second kappa shape index (κ2) is 6.84. The van der Waals surface area contributed by atoms with E-state index >= 15 is 0 Å². The summed E-state index contributed by atoms with van der Waals surface area (Å²) in [5.74, 6) is -0.856. The van der Waals surface area contributed by atoms with Crippen LogP contribution in [0.2, 0.25) is 0 Å². The zero-order valence-electron chi connectivity index (χ0n) is 14.5. The lowest BCUT2D eigenvalue weighted by Crippen LogP contribution is -2.13. The molecule has 6 nitrogen and oxygen atoms in total. The van der Waals surface area contributed by atoms with Gasteiger partial charge in [-0.3, -0.25) is 0 Å². The van der Waals surface area contributed by atoms with E-state index in [9.17, 15) is 17.6 Å². The number of ether oxygens (including phenoxy) is 1. The molecular weight excluding hydrogens is 403 g/mol. The van der Waals surface area contributed by atoms with E-state index in [1.54, 1.807) is 35.7 Å². The van der Waals surface area contributed by atoms with Crippen molar-refractivity contribution in [1.29, 1.82) is 0 Å². The predicted octanol–water partition coefficient (Wildman–Crippen LogP) is 3.90. The molecule has 0 spiro atoms. The fourth-order valence-electron chi connectivity index (χ4n) is 2.90. The van der Waals surface area contributed by atoms with Crippen LogP contribution in [0.5, 0.6) is 0 Å². The van der Waals surface area contributed by atoms with E-state index in [0.717, 1.165) is 0 Å². The number of nitrogens with zero attached hydrogens (tertiary/aromatic N) is 1. The standard InChI is InChI=1S/C19H13FN2O4S2/c1-26-19(23)16-14(11-6-8-12(20)9-7-11)10-27-18(16)21-17-13-4-2-3-5-15(13)28(24,25)22-17/h2-10H,1H3,(H,21,22). The van der Waals surface area contributed by atoms with E-state index in [4.69, 9.17) is 4.74 Å². The van der Waals surface area contributed by atoms with E-state index in [1.807, 2.05) is 0 Å². The molecule has 0 radical (unpaired) electrons. The number of nitrogens with one attached hydrogen (secondary N) is 1. The summed E-state index contributed by atoms with van der Waals surface area (Å²) in [6, 6.07) is 12.1. The van der Waals surface area contributed by atoms with Crippen LogP contribution in [0.4, 0.5) is 9.39 Å². The monoisotopic (exact) mass is 416 g/mol. The first kappa shape index (κ1) is 18.3. The number of methoxy groups -OCH3 is 1. The molecule has 2 aromatic carbocycles. The van der Waals surface area contributed by atoms with Crippen molar-refractivity contribution < 1.29 is 22.3 Å². The molecule has 0 fully saturated rings. The van der Waals surface area contributed by atoms with Gasteiger partial charge < -0.3 is 10.1 Å². The van der Waals surface area contributed by atoms with Crippen LogP contribution in [0.15, 0.2) is 63.2 Å². The molecule has 0 aliphatic carbocycles. The van der Waals surface area contributed by atoms with Gasteiger partial charge in [-0.15, -0.1) is 15.7 Å². The van der Waals surface area contributed by atoms with Gasteiger partial charge in [-0.25, -0.2) is 9.18 Å². The number of sulfonamides is 1. The van der Waals surface area contributed by atoms with Gasteiger partial charge in [-0.05, 0) is 29.8 Å². The maximum absolute atomic E-state index is 13.2.